The van der Waals surface area contributed by atoms with Crippen LogP contribution in [0.3, 0.4) is 0 Å². The minimum absolute atomic E-state index is 0.333. The normalized spacial score (nSPS) is 10.8. The third-order valence-corrected chi connectivity index (χ3v) is 1.67. The Morgan fingerprint density at radius 1 is 1.27 bits per heavy atom. The maximum absolute atomic E-state index is 10.5. The van der Waals surface area contributed by atoms with Gasteiger partial charge in [0.05, 0.1) is 5.92 Å². The van der Waals surface area contributed by atoms with Crippen LogP contribution in [0.25, 0.3) is 0 Å². The van der Waals surface area contributed by atoms with Gasteiger partial charge in [0.2, 0.25) is 5.91 Å². The van der Waals surface area contributed by atoms with Gasteiger partial charge in [-0.1, -0.05) is 30.3 Å². The van der Waals surface area contributed by atoms with Crippen molar-refractivity contribution in [3.8, 4) is 0 Å². The van der Waals surface area contributed by atoms with Crippen LogP contribution in [-0.4, -0.2) is 17.0 Å². The Morgan fingerprint density at radius 2 is 1.67 bits per heavy atom. The number of amides is 1. The topological polar surface area (TPSA) is 80.4 Å². The Bertz CT molecular complexity index is 318. The van der Waals surface area contributed by atoms with Gasteiger partial charge in [0.25, 0.3) is 0 Å². The van der Waals surface area contributed by atoms with Crippen molar-refractivity contribution in [3.63, 3.8) is 0 Å². The Kier molecular flexibility index (Phi) is 5.78. The van der Waals surface area contributed by atoms with E-state index >= 15 is 0 Å². The van der Waals surface area contributed by atoms with Gasteiger partial charge in [-0.2, -0.15) is 0 Å². The van der Waals surface area contributed by atoms with E-state index < -0.39 is 11.9 Å². The van der Waals surface area contributed by atoms with Crippen LogP contribution >= 0.6 is 0 Å². The summed E-state index contributed by atoms with van der Waals surface area (Å²) in [6.07, 6.45) is 0. The lowest BCUT2D eigenvalue weighted by Crippen LogP contribution is -2.06. The molecule has 4 heteroatoms. The number of aliphatic carboxylic acids is 1. The molecule has 0 bridgehead atoms. The fraction of sp³-hybridized carbons (Fsp3) is 0.273. The molecule has 1 aromatic carbocycles. The lowest BCUT2D eigenvalue weighted by Gasteiger charge is -2.04. The van der Waals surface area contributed by atoms with Crippen molar-refractivity contribution >= 4 is 11.9 Å². The van der Waals surface area contributed by atoms with E-state index in [1.807, 2.05) is 30.3 Å². The van der Waals surface area contributed by atoms with Gasteiger partial charge in [-0.05, 0) is 12.5 Å². The summed E-state index contributed by atoms with van der Waals surface area (Å²) in [5.74, 6) is -1.52. The lowest BCUT2D eigenvalue weighted by atomic mass is 10.0. The molecule has 0 aliphatic rings. The molecule has 0 spiro atoms. The highest BCUT2D eigenvalue weighted by Crippen LogP contribution is 2.13. The predicted octanol–water partition coefficient (Wildman–Crippen LogP) is 1.37. The first kappa shape index (κ1) is 13.2. The summed E-state index contributed by atoms with van der Waals surface area (Å²) in [7, 11) is 0. The van der Waals surface area contributed by atoms with Gasteiger partial charge < -0.3 is 10.8 Å². The van der Waals surface area contributed by atoms with Crippen molar-refractivity contribution in [1.82, 2.24) is 0 Å². The zero-order valence-electron chi connectivity index (χ0n) is 8.81. The molecule has 3 N–H and O–H groups in total. The second kappa shape index (κ2) is 6.59. The summed E-state index contributed by atoms with van der Waals surface area (Å²) in [6.45, 7) is 2.98. The number of carboxylic acids is 1. The SMILES string of the molecule is CC(C(=O)O)c1ccccc1.CC(N)=O. The summed E-state index contributed by atoms with van der Waals surface area (Å²) in [6, 6.07) is 9.19. The van der Waals surface area contributed by atoms with Crippen LogP contribution in [0.2, 0.25) is 0 Å². The fourth-order valence-electron chi connectivity index (χ4n) is 0.884. The summed E-state index contributed by atoms with van der Waals surface area (Å²) < 4.78 is 0. The number of primary amides is 1. The first-order valence-corrected chi connectivity index (χ1v) is 4.49. The summed E-state index contributed by atoms with van der Waals surface area (Å²) in [5, 5.41) is 8.64. The van der Waals surface area contributed by atoms with E-state index in [4.69, 9.17) is 5.11 Å². The summed E-state index contributed by atoms with van der Waals surface area (Å²) in [4.78, 5) is 19.7. The molecule has 1 rings (SSSR count). The summed E-state index contributed by atoms with van der Waals surface area (Å²) in [5.41, 5.74) is 5.32. The van der Waals surface area contributed by atoms with Crippen molar-refractivity contribution in [2.45, 2.75) is 19.8 Å². The first-order valence-electron chi connectivity index (χ1n) is 4.49. The molecule has 1 aromatic rings. The molecule has 1 unspecified atom stereocenters. The van der Waals surface area contributed by atoms with Gasteiger partial charge in [-0.3, -0.25) is 9.59 Å². The number of carbonyl (C=O) groups is 2. The molecular formula is C11H15NO3. The van der Waals surface area contributed by atoms with Crippen molar-refractivity contribution in [2.75, 3.05) is 0 Å². The lowest BCUT2D eigenvalue weighted by molar-refractivity contribution is -0.138. The molecule has 82 valence electrons. The average molecular weight is 209 g/mol. The number of carboxylic acid groups (broad SMARTS) is 1. The van der Waals surface area contributed by atoms with Gasteiger partial charge in [-0.15, -0.1) is 0 Å². The van der Waals surface area contributed by atoms with E-state index in [1.165, 1.54) is 6.92 Å². The van der Waals surface area contributed by atoms with Gasteiger partial charge in [-0.25, -0.2) is 0 Å². The molecule has 1 atom stereocenters. The molecule has 1 amide bonds. The highest BCUT2D eigenvalue weighted by molar-refractivity contribution is 5.75. The minimum atomic E-state index is -0.781. The average Bonchev–Trinajstić information content (AvgIpc) is 2.17. The van der Waals surface area contributed by atoms with Crippen LogP contribution in [0.15, 0.2) is 30.3 Å². The van der Waals surface area contributed by atoms with Gasteiger partial charge in [0.1, 0.15) is 0 Å². The van der Waals surface area contributed by atoms with E-state index in [2.05, 4.69) is 5.73 Å². The molecule has 0 aliphatic heterocycles. The molecule has 0 heterocycles. The molecule has 0 radical (unpaired) electrons. The van der Waals surface area contributed by atoms with Crippen molar-refractivity contribution < 1.29 is 14.7 Å². The monoisotopic (exact) mass is 209 g/mol. The van der Waals surface area contributed by atoms with Crippen molar-refractivity contribution in [1.29, 1.82) is 0 Å². The van der Waals surface area contributed by atoms with E-state index in [1.54, 1.807) is 6.92 Å². The number of nitrogens with two attached hydrogens (primary N) is 1. The van der Waals surface area contributed by atoms with Crippen LogP contribution in [0.4, 0.5) is 0 Å². The van der Waals surface area contributed by atoms with E-state index in [0.717, 1.165) is 5.56 Å². The third kappa shape index (κ3) is 6.26. The zero-order valence-corrected chi connectivity index (χ0v) is 8.81. The van der Waals surface area contributed by atoms with Gasteiger partial charge in [0, 0.05) is 6.92 Å². The van der Waals surface area contributed by atoms with E-state index in [0.29, 0.717) is 0 Å². The quantitative estimate of drug-likeness (QED) is 0.771. The Labute approximate surface area is 88.7 Å². The van der Waals surface area contributed by atoms with Crippen LogP contribution in [0.5, 0.6) is 0 Å². The molecule has 0 saturated heterocycles. The smallest absolute Gasteiger partial charge is 0.310 e. The van der Waals surface area contributed by atoms with Crippen LogP contribution in [-0.2, 0) is 9.59 Å². The second-order valence-corrected chi connectivity index (χ2v) is 3.08. The highest BCUT2D eigenvalue weighted by atomic mass is 16.4. The van der Waals surface area contributed by atoms with Crippen molar-refractivity contribution in [3.05, 3.63) is 35.9 Å². The Morgan fingerprint density at radius 3 is 2.00 bits per heavy atom. The van der Waals surface area contributed by atoms with Crippen molar-refractivity contribution in [2.24, 2.45) is 5.73 Å². The molecule has 15 heavy (non-hydrogen) atoms. The first-order chi connectivity index (χ1) is 6.95. The zero-order chi connectivity index (χ0) is 11.8. The van der Waals surface area contributed by atoms with E-state index in [9.17, 15) is 9.59 Å². The Hall–Kier alpha value is -1.84. The molecule has 0 saturated carbocycles. The van der Waals surface area contributed by atoms with Crippen LogP contribution < -0.4 is 5.73 Å². The number of hydrogen-bond donors (Lipinski definition) is 2. The number of carbonyl (C=O) groups excluding carboxylic acids is 1. The number of benzene rings is 1. The molecule has 0 aromatic heterocycles. The highest BCUT2D eigenvalue weighted by Gasteiger charge is 2.11. The van der Waals surface area contributed by atoms with Gasteiger partial charge >= 0.3 is 5.97 Å². The molecule has 4 nitrogen and oxygen atoms in total. The Balaban J connectivity index is 0.000000423. The maximum Gasteiger partial charge on any atom is 0.310 e. The molecular weight excluding hydrogens is 194 g/mol. The fourth-order valence-corrected chi connectivity index (χ4v) is 0.884. The maximum atomic E-state index is 10.5. The van der Waals surface area contributed by atoms with Crippen LogP contribution in [0.1, 0.15) is 25.3 Å². The number of hydrogen-bond acceptors (Lipinski definition) is 2. The van der Waals surface area contributed by atoms with Gasteiger partial charge in [0.15, 0.2) is 0 Å². The second-order valence-electron chi connectivity index (χ2n) is 3.08. The van der Waals surface area contributed by atoms with Crippen LogP contribution in [0, 0.1) is 0 Å². The molecule has 0 aliphatic carbocycles. The predicted molar refractivity (Wildman–Crippen MR) is 57.4 cm³/mol. The summed E-state index contributed by atoms with van der Waals surface area (Å²) >= 11 is 0. The largest absolute Gasteiger partial charge is 0.481 e. The minimum Gasteiger partial charge on any atom is -0.481 e. The standard InChI is InChI=1S/C9H10O2.C2H5NO/c1-7(9(10)11)8-5-3-2-4-6-8;1-2(3)4/h2-7H,1H3,(H,10,11);1H3,(H2,3,4). The third-order valence-electron chi connectivity index (χ3n) is 1.67. The molecule has 0 fully saturated rings. The number of rotatable bonds is 2. The van der Waals surface area contributed by atoms with E-state index in [-0.39, 0.29) is 5.91 Å².